The molecule has 0 saturated heterocycles. The smallest absolute Gasteiger partial charge is 0.252 e. The van der Waals surface area contributed by atoms with Crippen LogP contribution in [-0.4, -0.2) is 26.5 Å². The second kappa shape index (κ2) is 5.85. The third-order valence-corrected chi connectivity index (χ3v) is 6.79. The number of sulfone groups is 1. The predicted molar refractivity (Wildman–Crippen MR) is 80.9 cm³/mol. The number of rotatable bonds is 3. The number of hydrogen-bond donors (Lipinski definition) is 1. The Bertz CT molecular complexity index is 712. The fourth-order valence-electron chi connectivity index (χ4n) is 3.59. The molecule has 1 aromatic rings. The number of hydrogen-bond acceptors (Lipinski definition) is 3. The highest BCUT2D eigenvalue weighted by molar-refractivity contribution is 7.91. The number of fused-ring (bicyclic) bond motifs is 1. The maximum atomic E-state index is 13.5. The van der Waals surface area contributed by atoms with Crippen LogP contribution in [0.2, 0.25) is 0 Å². The third-order valence-electron chi connectivity index (χ3n) is 4.98. The zero-order valence-corrected chi connectivity index (χ0v) is 13.4. The van der Waals surface area contributed by atoms with E-state index < -0.39 is 33.6 Å². The first-order chi connectivity index (χ1) is 10.9. The summed E-state index contributed by atoms with van der Waals surface area (Å²) in [6.45, 7) is 0. The van der Waals surface area contributed by atoms with E-state index in [0.29, 0.717) is 18.4 Å². The molecule has 1 fully saturated rings. The second-order valence-corrected chi connectivity index (χ2v) is 8.41. The van der Waals surface area contributed by atoms with Crippen LogP contribution < -0.4 is 5.32 Å². The molecule has 1 atom stereocenters. The summed E-state index contributed by atoms with van der Waals surface area (Å²) < 4.78 is 51.1. The van der Waals surface area contributed by atoms with Gasteiger partial charge in [0.1, 0.15) is 5.41 Å². The van der Waals surface area contributed by atoms with Crippen molar-refractivity contribution in [2.45, 2.75) is 49.5 Å². The number of carbonyl (C=O) groups excluding carboxylic acids is 1. The molecule has 0 aromatic heterocycles. The predicted octanol–water partition coefficient (Wildman–Crippen LogP) is 2.85. The highest BCUT2D eigenvalue weighted by atomic mass is 32.2. The summed E-state index contributed by atoms with van der Waals surface area (Å²) in [5.74, 6) is -0.736. The molecule has 126 valence electrons. The van der Waals surface area contributed by atoms with Gasteiger partial charge in [0.15, 0.2) is 9.84 Å². The van der Waals surface area contributed by atoms with Gasteiger partial charge >= 0.3 is 0 Å². The molecule has 1 aliphatic heterocycles. The van der Waals surface area contributed by atoms with Gasteiger partial charge in [-0.15, -0.1) is 0 Å². The molecule has 4 nitrogen and oxygen atoms in total. The van der Waals surface area contributed by atoms with Crippen LogP contribution in [0.1, 0.15) is 43.7 Å². The first-order valence-corrected chi connectivity index (χ1v) is 9.43. The van der Waals surface area contributed by atoms with Crippen LogP contribution in [0.25, 0.3) is 0 Å². The molecule has 1 amide bonds. The van der Waals surface area contributed by atoms with Crippen molar-refractivity contribution < 1.29 is 22.0 Å². The number of amides is 1. The molecule has 1 aliphatic carbocycles. The van der Waals surface area contributed by atoms with Crippen molar-refractivity contribution in [3.8, 4) is 0 Å². The summed E-state index contributed by atoms with van der Waals surface area (Å²) in [5.41, 5.74) is -1.12. The lowest BCUT2D eigenvalue weighted by Crippen LogP contribution is -2.46. The van der Waals surface area contributed by atoms with Crippen LogP contribution in [0.3, 0.4) is 0 Å². The molecular weight excluding hydrogens is 324 g/mol. The monoisotopic (exact) mass is 343 g/mol. The number of nitrogens with one attached hydrogen (secondary N) is 1. The topological polar surface area (TPSA) is 63.2 Å². The van der Waals surface area contributed by atoms with Crippen molar-refractivity contribution in [2.24, 2.45) is 5.41 Å². The lowest BCUT2D eigenvalue weighted by molar-refractivity contribution is -0.141. The highest BCUT2D eigenvalue weighted by Gasteiger charge is 2.49. The summed E-state index contributed by atoms with van der Waals surface area (Å²) in [5, 5.41) is 2.69. The maximum absolute atomic E-state index is 13.5. The van der Waals surface area contributed by atoms with E-state index in [1.807, 2.05) is 0 Å². The van der Waals surface area contributed by atoms with E-state index in [1.54, 1.807) is 18.2 Å². The molecule has 2 aliphatic rings. The van der Waals surface area contributed by atoms with Crippen molar-refractivity contribution in [2.75, 3.05) is 5.75 Å². The van der Waals surface area contributed by atoms with Crippen LogP contribution in [0.4, 0.5) is 8.78 Å². The second-order valence-electron chi connectivity index (χ2n) is 6.34. The van der Waals surface area contributed by atoms with Crippen molar-refractivity contribution >= 4 is 15.7 Å². The zero-order chi connectivity index (χ0) is 16.7. The van der Waals surface area contributed by atoms with Crippen molar-refractivity contribution in [1.29, 1.82) is 0 Å². The van der Waals surface area contributed by atoms with Gasteiger partial charge in [-0.05, 0) is 30.9 Å². The maximum Gasteiger partial charge on any atom is 0.252 e. The fourth-order valence-corrected chi connectivity index (χ4v) is 5.21. The lowest BCUT2D eigenvalue weighted by atomic mass is 9.85. The van der Waals surface area contributed by atoms with Crippen molar-refractivity contribution in [3.05, 3.63) is 29.8 Å². The largest absolute Gasteiger partial charge is 0.349 e. The molecule has 23 heavy (non-hydrogen) atoms. The Kier molecular flexibility index (Phi) is 4.16. The molecule has 0 radical (unpaired) electrons. The molecule has 1 N–H and O–H groups in total. The Labute approximate surface area is 134 Å². The van der Waals surface area contributed by atoms with Gasteiger partial charge in [-0.2, -0.15) is 0 Å². The minimum absolute atomic E-state index is 0.0867. The third kappa shape index (κ3) is 2.75. The molecule has 1 saturated carbocycles. The quantitative estimate of drug-likeness (QED) is 0.918. The van der Waals surface area contributed by atoms with E-state index in [0.717, 1.165) is 0 Å². The van der Waals surface area contributed by atoms with Gasteiger partial charge in [0, 0.05) is 0 Å². The number of halogens is 2. The summed E-state index contributed by atoms with van der Waals surface area (Å²) in [4.78, 5) is 12.7. The van der Waals surface area contributed by atoms with E-state index in [1.165, 1.54) is 6.07 Å². The Morgan fingerprint density at radius 2 is 1.87 bits per heavy atom. The molecule has 7 heteroatoms. The standard InChI is InChI=1S/C16H19F2NO3S/c17-14(18)16(8-3-4-9-16)15(20)19-12-7-10-23(21,22)13-6-2-1-5-11(12)13/h1-2,5-6,12,14H,3-4,7-10H2,(H,19,20). The van der Waals surface area contributed by atoms with Gasteiger partial charge < -0.3 is 5.32 Å². The van der Waals surface area contributed by atoms with Gasteiger partial charge in [0.05, 0.1) is 16.7 Å². The van der Waals surface area contributed by atoms with E-state index in [-0.39, 0.29) is 29.9 Å². The van der Waals surface area contributed by atoms with Crippen LogP contribution in [0.5, 0.6) is 0 Å². The summed E-state index contributed by atoms with van der Waals surface area (Å²) in [6, 6.07) is 5.93. The van der Waals surface area contributed by atoms with Crippen molar-refractivity contribution in [1.82, 2.24) is 5.32 Å². The van der Waals surface area contributed by atoms with Crippen molar-refractivity contribution in [3.63, 3.8) is 0 Å². The average Bonchev–Trinajstić information content (AvgIpc) is 3.01. The lowest BCUT2D eigenvalue weighted by Gasteiger charge is -2.32. The molecule has 0 spiro atoms. The van der Waals surface area contributed by atoms with Crippen LogP contribution in [0, 0.1) is 5.41 Å². The van der Waals surface area contributed by atoms with Crippen LogP contribution in [-0.2, 0) is 14.6 Å². The minimum atomic E-state index is -3.36. The summed E-state index contributed by atoms with van der Waals surface area (Å²) in [7, 11) is -3.36. The number of alkyl halides is 2. The van der Waals surface area contributed by atoms with Gasteiger partial charge in [0.2, 0.25) is 5.91 Å². The Hall–Kier alpha value is -1.50. The normalized spacial score (nSPS) is 25.1. The molecule has 1 aromatic carbocycles. The van der Waals surface area contributed by atoms with E-state index in [9.17, 15) is 22.0 Å². The first-order valence-electron chi connectivity index (χ1n) is 7.78. The van der Waals surface area contributed by atoms with E-state index in [2.05, 4.69) is 5.32 Å². The molecule has 3 rings (SSSR count). The van der Waals surface area contributed by atoms with Gasteiger partial charge in [0.25, 0.3) is 6.43 Å². The zero-order valence-electron chi connectivity index (χ0n) is 12.6. The average molecular weight is 343 g/mol. The Morgan fingerprint density at radius 1 is 1.22 bits per heavy atom. The first kappa shape index (κ1) is 16.4. The number of carbonyl (C=O) groups is 1. The molecular formula is C16H19F2NO3S. The molecule has 1 unspecified atom stereocenters. The fraction of sp³-hybridized carbons (Fsp3) is 0.562. The van der Waals surface area contributed by atoms with Gasteiger partial charge in [-0.1, -0.05) is 31.0 Å². The van der Waals surface area contributed by atoms with Crippen LogP contribution >= 0.6 is 0 Å². The SMILES string of the molecule is O=C(NC1CCS(=O)(=O)c2ccccc21)C1(C(F)F)CCCC1. The number of benzene rings is 1. The van der Waals surface area contributed by atoms with E-state index >= 15 is 0 Å². The van der Waals surface area contributed by atoms with Gasteiger partial charge in [-0.3, -0.25) is 4.79 Å². The minimum Gasteiger partial charge on any atom is -0.349 e. The van der Waals surface area contributed by atoms with E-state index in [4.69, 9.17) is 0 Å². The summed E-state index contributed by atoms with van der Waals surface area (Å²) >= 11 is 0. The van der Waals surface area contributed by atoms with Gasteiger partial charge in [-0.25, -0.2) is 17.2 Å². The molecule has 0 bridgehead atoms. The molecule has 1 heterocycles. The Morgan fingerprint density at radius 3 is 2.52 bits per heavy atom. The van der Waals surface area contributed by atoms with Crippen LogP contribution in [0.15, 0.2) is 29.2 Å². The summed E-state index contributed by atoms with van der Waals surface area (Å²) in [6.07, 6.45) is -0.884. The highest BCUT2D eigenvalue weighted by Crippen LogP contribution is 2.44. The Balaban J connectivity index is 1.88.